The van der Waals surface area contributed by atoms with Crippen LogP contribution < -0.4 is 4.72 Å². The van der Waals surface area contributed by atoms with Crippen molar-refractivity contribution in [1.29, 1.82) is 0 Å². The van der Waals surface area contributed by atoms with E-state index in [0.29, 0.717) is 16.9 Å². The molecule has 0 radical (unpaired) electrons. The van der Waals surface area contributed by atoms with Gasteiger partial charge < -0.3 is 4.52 Å². The van der Waals surface area contributed by atoms with Gasteiger partial charge in [-0.3, -0.25) is 4.72 Å². The van der Waals surface area contributed by atoms with Gasteiger partial charge >= 0.3 is 0 Å². The molecule has 130 valence electrons. The zero-order valence-corrected chi connectivity index (χ0v) is 15.3. The fraction of sp³-hybridized carbons (Fsp3) is 0.222. The molecule has 2 aromatic heterocycles. The number of rotatable bonds is 4. The van der Waals surface area contributed by atoms with Gasteiger partial charge in [-0.1, -0.05) is 17.3 Å². The van der Waals surface area contributed by atoms with E-state index in [4.69, 9.17) is 4.52 Å². The van der Waals surface area contributed by atoms with Crippen molar-refractivity contribution in [3.05, 3.63) is 58.9 Å². The molecule has 0 spiro atoms. The Labute approximate surface area is 147 Å². The number of aromatic nitrogens is 2. The van der Waals surface area contributed by atoms with Gasteiger partial charge in [0.2, 0.25) is 0 Å². The molecule has 6 nitrogen and oxygen atoms in total. The average molecular weight is 357 g/mol. The Balaban J connectivity index is 2.04. The van der Waals surface area contributed by atoms with Crippen LogP contribution >= 0.6 is 0 Å². The highest BCUT2D eigenvalue weighted by molar-refractivity contribution is 7.92. The SMILES string of the molecule is Cc1ccnc(NS(=O)(=O)c2cc(-c3onc(C)c3C)ccc2C)c1. The summed E-state index contributed by atoms with van der Waals surface area (Å²) < 4.78 is 33.5. The number of sulfonamides is 1. The molecular weight excluding hydrogens is 338 g/mol. The van der Waals surface area contributed by atoms with Crippen LogP contribution in [0, 0.1) is 27.7 Å². The Morgan fingerprint density at radius 1 is 1.04 bits per heavy atom. The molecule has 1 N–H and O–H groups in total. The number of benzene rings is 1. The second-order valence-electron chi connectivity index (χ2n) is 6.03. The molecule has 0 aliphatic heterocycles. The topological polar surface area (TPSA) is 85.1 Å². The van der Waals surface area contributed by atoms with E-state index in [-0.39, 0.29) is 10.7 Å². The highest BCUT2D eigenvalue weighted by atomic mass is 32.2. The lowest BCUT2D eigenvalue weighted by atomic mass is 10.1. The van der Waals surface area contributed by atoms with Crippen LogP contribution in [-0.2, 0) is 10.0 Å². The third kappa shape index (κ3) is 3.41. The number of nitrogens with one attached hydrogen (secondary N) is 1. The third-order valence-electron chi connectivity index (χ3n) is 4.05. The molecule has 0 aliphatic carbocycles. The Bertz CT molecular complexity index is 1040. The maximum atomic E-state index is 12.8. The third-order valence-corrected chi connectivity index (χ3v) is 5.55. The summed E-state index contributed by atoms with van der Waals surface area (Å²) in [4.78, 5) is 4.24. The van der Waals surface area contributed by atoms with E-state index in [1.165, 1.54) is 0 Å². The summed E-state index contributed by atoms with van der Waals surface area (Å²) in [7, 11) is -3.77. The minimum atomic E-state index is -3.77. The Morgan fingerprint density at radius 2 is 1.80 bits per heavy atom. The van der Waals surface area contributed by atoms with E-state index < -0.39 is 10.0 Å². The lowest BCUT2D eigenvalue weighted by Crippen LogP contribution is -2.15. The predicted molar refractivity (Wildman–Crippen MR) is 95.9 cm³/mol. The first-order valence-electron chi connectivity index (χ1n) is 7.77. The van der Waals surface area contributed by atoms with Gasteiger partial charge in [-0.15, -0.1) is 0 Å². The van der Waals surface area contributed by atoms with Gasteiger partial charge in [0, 0.05) is 17.3 Å². The van der Waals surface area contributed by atoms with Gasteiger partial charge in [-0.05, 0) is 57.0 Å². The smallest absolute Gasteiger partial charge is 0.263 e. The summed E-state index contributed by atoms with van der Waals surface area (Å²) in [5, 5.41) is 3.93. The lowest BCUT2D eigenvalue weighted by Gasteiger charge is -2.11. The van der Waals surface area contributed by atoms with Crippen LogP contribution in [0.1, 0.15) is 22.4 Å². The van der Waals surface area contributed by atoms with Crippen LogP contribution in [0.25, 0.3) is 11.3 Å². The van der Waals surface area contributed by atoms with Gasteiger partial charge in [0.15, 0.2) is 5.76 Å². The average Bonchev–Trinajstić information content (AvgIpc) is 2.87. The molecule has 25 heavy (non-hydrogen) atoms. The molecule has 0 saturated carbocycles. The highest BCUT2D eigenvalue weighted by Crippen LogP contribution is 2.29. The standard InChI is InChI=1S/C18H19N3O3S/c1-11-7-8-19-17(9-11)21-25(22,23)16-10-15(6-5-12(16)2)18-13(3)14(4)20-24-18/h5-10H,1-4H3,(H,19,21). The van der Waals surface area contributed by atoms with E-state index in [0.717, 1.165) is 16.8 Å². The second-order valence-corrected chi connectivity index (χ2v) is 7.68. The Kier molecular flexibility index (Phi) is 4.34. The maximum Gasteiger partial charge on any atom is 0.263 e. The van der Waals surface area contributed by atoms with Crippen molar-refractivity contribution in [2.75, 3.05) is 4.72 Å². The number of pyridine rings is 1. The van der Waals surface area contributed by atoms with Crippen LogP contribution in [0.4, 0.5) is 5.82 Å². The highest BCUT2D eigenvalue weighted by Gasteiger charge is 2.20. The minimum Gasteiger partial charge on any atom is -0.356 e. The molecular formula is C18H19N3O3S. The van der Waals surface area contributed by atoms with Crippen LogP contribution in [0.2, 0.25) is 0 Å². The molecule has 0 fully saturated rings. The first kappa shape index (κ1) is 17.2. The fourth-order valence-electron chi connectivity index (χ4n) is 2.50. The minimum absolute atomic E-state index is 0.182. The van der Waals surface area contributed by atoms with Gasteiger partial charge in [0.25, 0.3) is 10.0 Å². The summed E-state index contributed by atoms with van der Waals surface area (Å²) in [5.74, 6) is 0.860. The molecule has 0 aliphatic rings. The van der Waals surface area contributed by atoms with Crippen LogP contribution in [0.5, 0.6) is 0 Å². The molecule has 0 amide bonds. The quantitative estimate of drug-likeness (QED) is 0.768. The number of nitrogens with zero attached hydrogens (tertiary/aromatic N) is 2. The van der Waals surface area contributed by atoms with Crippen molar-refractivity contribution in [2.24, 2.45) is 0 Å². The number of aryl methyl sites for hydroxylation is 3. The Morgan fingerprint density at radius 3 is 2.44 bits per heavy atom. The van der Waals surface area contributed by atoms with Crippen LogP contribution in [-0.4, -0.2) is 18.6 Å². The largest absolute Gasteiger partial charge is 0.356 e. The normalized spacial score (nSPS) is 11.5. The van der Waals surface area contributed by atoms with Gasteiger partial charge in [0.05, 0.1) is 10.6 Å². The first-order valence-corrected chi connectivity index (χ1v) is 9.25. The molecule has 0 unspecified atom stereocenters. The molecule has 3 rings (SSSR count). The number of hydrogen-bond acceptors (Lipinski definition) is 5. The molecule has 0 saturated heterocycles. The second kappa shape index (κ2) is 6.33. The van der Waals surface area contributed by atoms with Crippen molar-refractivity contribution >= 4 is 15.8 Å². The number of anilines is 1. The molecule has 2 heterocycles. The summed E-state index contributed by atoms with van der Waals surface area (Å²) in [6.45, 7) is 7.37. The fourth-order valence-corrected chi connectivity index (χ4v) is 3.77. The van der Waals surface area contributed by atoms with Crippen molar-refractivity contribution in [3.63, 3.8) is 0 Å². The molecule has 7 heteroatoms. The molecule has 0 atom stereocenters. The van der Waals surface area contributed by atoms with Crippen molar-refractivity contribution in [1.82, 2.24) is 10.1 Å². The molecule has 1 aromatic carbocycles. The number of hydrogen-bond donors (Lipinski definition) is 1. The van der Waals surface area contributed by atoms with E-state index in [9.17, 15) is 8.42 Å². The molecule has 3 aromatic rings. The summed E-state index contributed by atoms with van der Waals surface area (Å²) in [6.07, 6.45) is 1.57. The van der Waals surface area contributed by atoms with Crippen LogP contribution in [0.3, 0.4) is 0 Å². The van der Waals surface area contributed by atoms with Gasteiger partial charge in [0.1, 0.15) is 5.82 Å². The summed E-state index contributed by atoms with van der Waals surface area (Å²) in [6, 6.07) is 8.66. The maximum absolute atomic E-state index is 12.8. The zero-order chi connectivity index (χ0) is 18.2. The molecule has 0 bridgehead atoms. The van der Waals surface area contributed by atoms with Gasteiger partial charge in [-0.25, -0.2) is 13.4 Å². The van der Waals surface area contributed by atoms with E-state index in [2.05, 4.69) is 14.9 Å². The Hall–Kier alpha value is -2.67. The monoisotopic (exact) mass is 357 g/mol. The lowest BCUT2D eigenvalue weighted by molar-refractivity contribution is 0.427. The zero-order valence-electron chi connectivity index (χ0n) is 14.5. The predicted octanol–water partition coefficient (Wildman–Crippen LogP) is 3.77. The van der Waals surface area contributed by atoms with E-state index in [1.54, 1.807) is 37.4 Å². The van der Waals surface area contributed by atoms with E-state index in [1.807, 2.05) is 26.8 Å². The van der Waals surface area contributed by atoms with E-state index >= 15 is 0 Å². The van der Waals surface area contributed by atoms with Gasteiger partial charge in [-0.2, -0.15) is 0 Å². The summed E-state index contributed by atoms with van der Waals surface area (Å²) in [5.41, 5.74) is 3.90. The first-order chi connectivity index (χ1) is 11.8. The van der Waals surface area contributed by atoms with Crippen molar-refractivity contribution in [3.8, 4) is 11.3 Å². The summed E-state index contributed by atoms with van der Waals surface area (Å²) >= 11 is 0. The van der Waals surface area contributed by atoms with Crippen LogP contribution in [0.15, 0.2) is 45.9 Å². The van der Waals surface area contributed by atoms with Crippen molar-refractivity contribution < 1.29 is 12.9 Å². The van der Waals surface area contributed by atoms with Crippen molar-refractivity contribution in [2.45, 2.75) is 32.6 Å².